The van der Waals surface area contributed by atoms with Crippen LogP contribution < -0.4 is 4.90 Å². The van der Waals surface area contributed by atoms with Gasteiger partial charge in [0.2, 0.25) is 5.91 Å². The van der Waals surface area contributed by atoms with E-state index in [1.807, 2.05) is 29.3 Å². The van der Waals surface area contributed by atoms with Crippen molar-refractivity contribution in [1.82, 2.24) is 29.6 Å². The molecule has 0 aliphatic carbocycles. The number of pyridine rings is 1. The molecule has 1 saturated heterocycles. The second-order valence-electron chi connectivity index (χ2n) is 9.51. The van der Waals surface area contributed by atoms with Gasteiger partial charge in [0.25, 0.3) is 0 Å². The number of hydrogen-bond donors (Lipinski definition) is 1. The smallest absolute Gasteiger partial charge is 0.219 e. The lowest BCUT2D eigenvalue weighted by Crippen LogP contribution is -2.46. The van der Waals surface area contributed by atoms with Gasteiger partial charge in [-0.15, -0.1) is 0 Å². The normalized spacial score (nSPS) is 16.6. The summed E-state index contributed by atoms with van der Waals surface area (Å²) < 4.78 is 16.1. The first kappa shape index (κ1) is 22.5. The summed E-state index contributed by atoms with van der Waals surface area (Å²) in [5.74, 6) is 0.472. The molecule has 0 bridgehead atoms. The Morgan fingerprint density at radius 1 is 1.17 bits per heavy atom. The highest BCUT2D eigenvalue weighted by Crippen LogP contribution is 2.50. The molecule has 2 aliphatic rings. The van der Waals surface area contributed by atoms with Crippen molar-refractivity contribution in [1.29, 1.82) is 0 Å². The summed E-state index contributed by atoms with van der Waals surface area (Å²) in [6.45, 7) is 3.92. The zero-order valence-electron chi connectivity index (χ0n) is 19.9. The summed E-state index contributed by atoms with van der Waals surface area (Å²) in [6.07, 6.45) is 6.61. The van der Waals surface area contributed by atoms with Crippen LogP contribution >= 0.6 is 0 Å². The SMILES string of the molecule is CC(=O)N1CCC2(CC1)CN(c1ncnc3ccc(-c4cnn(CCO)c4)nc13)c1ccc(F)cc12. The Kier molecular flexibility index (Phi) is 5.40. The van der Waals surface area contributed by atoms with E-state index in [9.17, 15) is 14.3 Å². The minimum absolute atomic E-state index is 0.00511. The van der Waals surface area contributed by atoms with E-state index in [4.69, 9.17) is 4.98 Å². The molecule has 1 N–H and O–H groups in total. The van der Waals surface area contributed by atoms with Gasteiger partial charge < -0.3 is 14.9 Å². The molecule has 0 radical (unpaired) electrons. The van der Waals surface area contributed by atoms with Crippen LogP contribution in [-0.4, -0.2) is 66.9 Å². The molecule has 184 valence electrons. The van der Waals surface area contributed by atoms with E-state index >= 15 is 0 Å². The Labute approximate surface area is 207 Å². The number of carbonyl (C=O) groups is 1. The van der Waals surface area contributed by atoms with E-state index in [2.05, 4.69) is 20.0 Å². The summed E-state index contributed by atoms with van der Waals surface area (Å²) in [5.41, 5.74) is 4.52. The molecule has 1 spiro atoms. The highest BCUT2D eigenvalue weighted by atomic mass is 19.1. The molecule has 3 aromatic heterocycles. The van der Waals surface area contributed by atoms with E-state index in [0.717, 1.165) is 35.3 Å². The van der Waals surface area contributed by atoms with E-state index in [0.29, 0.717) is 43.0 Å². The topological polar surface area (TPSA) is 100 Å². The van der Waals surface area contributed by atoms with Gasteiger partial charge in [-0.2, -0.15) is 5.10 Å². The van der Waals surface area contributed by atoms with E-state index in [1.54, 1.807) is 23.9 Å². The average Bonchev–Trinajstić information content (AvgIpc) is 3.47. The molecule has 2 aliphatic heterocycles. The average molecular weight is 488 g/mol. The number of aliphatic hydroxyl groups excluding tert-OH is 1. The fourth-order valence-electron chi connectivity index (χ4n) is 5.51. The van der Waals surface area contributed by atoms with Crippen LogP contribution in [0.4, 0.5) is 15.9 Å². The summed E-state index contributed by atoms with van der Waals surface area (Å²) in [7, 11) is 0. The highest BCUT2D eigenvalue weighted by molar-refractivity contribution is 5.91. The molecule has 10 heteroatoms. The van der Waals surface area contributed by atoms with Crippen molar-refractivity contribution in [2.45, 2.75) is 31.7 Å². The van der Waals surface area contributed by atoms with Crippen LogP contribution in [0, 0.1) is 5.82 Å². The predicted molar refractivity (Wildman–Crippen MR) is 132 cm³/mol. The van der Waals surface area contributed by atoms with Crippen LogP contribution in [0.2, 0.25) is 0 Å². The molecule has 1 fully saturated rings. The molecule has 0 saturated carbocycles. The van der Waals surface area contributed by atoms with Gasteiger partial charge >= 0.3 is 0 Å². The Morgan fingerprint density at radius 3 is 2.78 bits per heavy atom. The second-order valence-corrected chi connectivity index (χ2v) is 9.51. The summed E-state index contributed by atoms with van der Waals surface area (Å²) >= 11 is 0. The Balaban J connectivity index is 1.43. The van der Waals surface area contributed by atoms with Gasteiger partial charge in [0.15, 0.2) is 5.82 Å². The van der Waals surface area contributed by atoms with Crippen molar-refractivity contribution in [2.75, 3.05) is 31.1 Å². The fraction of sp³-hybridized carbons (Fsp3) is 0.346. The van der Waals surface area contributed by atoms with Gasteiger partial charge in [0.05, 0.1) is 30.6 Å². The standard InChI is InChI=1S/C26H26FN7O2/c1-17(36)32-8-6-26(7-9-32)15-34(23-5-2-19(27)12-20(23)26)25-24-22(28-16-29-25)4-3-21(31-24)18-13-30-33(14-18)10-11-35/h2-5,12-14,16,35H,6-11,15H2,1H3. The molecule has 5 heterocycles. The predicted octanol–water partition coefficient (Wildman–Crippen LogP) is 3.05. The maximum atomic E-state index is 14.4. The van der Waals surface area contributed by atoms with Crippen molar-refractivity contribution >= 4 is 28.4 Å². The third-order valence-electron chi connectivity index (χ3n) is 7.42. The zero-order chi connectivity index (χ0) is 24.9. The Bertz CT molecular complexity index is 1460. The number of hydrogen-bond acceptors (Lipinski definition) is 7. The molecule has 0 atom stereocenters. The molecule has 0 unspecified atom stereocenters. The first-order valence-electron chi connectivity index (χ1n) is 12.1. The molecule has 36 heavy (non-hydrogen) atoms. The van der Waals surface area contributed by atoms with Crippen LogP contribution in [0.25, 0.3) is 22.3 Å². The number of likely N-dealkylation sites (tertiary alicyclic amines) is 1. The Morgan fingerprint density at radius 2 is 2.00 bits per heavy atom. The number of piperidine rings is 1. The second kappa shape index (κ2) is 8.63. The van der Waals surface area contributed by atoms with Gasteiger partial charge in [-0.1, -0.05) is 0 Å². The monoisotopic (exact) mass is 487 g/mol. The molecular formula is C26H26FN7O2. The minimum Gasteiger partial charge on any atom is -0.394 e. The summed E-state index contributed by atoms with van der Waals surface area (Å²) in [4.78, 5) is 29.9. The van der Waals surface area contributed by atoms with Crippen LogP contribution in [-0.2, 0) is 16.8 Å². The Hall–Kier alpha value is -3.92. The lowest BCUT2D eigenvalue weighted by atomic mass is 9.74. The number of rotatable bonds is 4. The quantitative estimate of drug-likeness (QED) is 0.472. The number of fused-ring (bicyclic) bond motifs is 3. The lowest BCUT2D eigenvalue weighted by Gasteiger charge is -2.39. The molecule has 1 aromatic carbocycles. The van der Waals surface area contributed by atoms with Gasteiger partial charge in [-0.05, 0) is 48.7 Å². The number of aliphatic hydroxyl groups is 1. The largest absolute Gasteiger partial charge is 0.394 e. The van der Waals surface area contributed by atoms with Crippen LogP contribution in [0.15, 0.2) is 49.1 Å². The molecule has 6 rings (SSSR count). The number of anilines is 2. The third-order valence-corrected chi connectivity index (χ3v) is 7.42. The highest BCUT2D eigenvalue weighted by Gasteiger charge is 2.46. The van der Waals surface area contributed by atoms with Crippen molar-refractivity contribution in [2.24, 2.45) is 0 Å². The van der Waals surface area contributed by atoms with Gasteiger partial charge in [-0.25, -0.2) is 19.3 Å². The molecule has 1 amide bonds. The molecular weight excluding hydrogens is 461 g/mol. The number of nitrogens with zero attached hydrogens (tertiary/aromatic N) is 7. The first-order chi connectivity index (χ1) is 17.5. The van der Waals surface area contributed by atoms with Crippen LogP contribution in [0.5, 0.6) is 0 Å². The first-order valence-corrected chi connectivity index (χ1v) is 12.1. The van der Waals surface area contributed by atoms with Crippen LogP contribution in [0.1, 0.15) is 25.3 Å². The minimum atomic E-state index is -0.274. The van der Waals surface area contributed by atoms with Crippen molar-refractivity contribution in [3.8, 4) is 11.3 Å². The van der Waals surface area contributed by atoms with E-state index in [-0.39, 0.29) is 23.7 Å². The van der Waals surface area contributed by atoms with Gasteiger partial charge in [0, 0.05) is 49.4 Å². The van der Waals surface area contributed by atoms with Crippen molar-refractivity contribution < 1.29 is 14.3 Å². The summed E-state index contributed by atoms with van der Waals surface area (Å²) in [6, 6.07) is 8.73. The molecule has 9 nitrogen and oxygen atoms in total. The fourth-order valence-corrected chi connectivity index (χ4v) is 5.51. The maximum absolute atomic E-state index is 14.4. The van der Waals surface area contributed by atoms with Crippen LogP contribution in [0.3, 0.4) is 0 Å². The number of halogens is 1. The maximum Gasteiger partial charge on any atom is 0.219 e. The lowest BCUT2D eigenvalue weighted by molar-refractivity contribution is -0.130. The van der Waals surface area contributed by atoms with E-state index in [1.165, 1.54) is 12.4 Å². The van der Waals surface area contributed by atoms with E-state index < -0.39 is 0 Å². The number of benzene rings is 1. The third kappa shape index (κ3) is 3.69. The van der Waals surface area contributed by atoms with Gasteiger partial charge in [0.1, 0.15) is 17.7 Å². The zero-order valence-corrected chi connectivity index (χ0v) is 19.9. The number of amides is 1. The molecule has 4 aromatic rings. The van der Waals surface area contributed by atoms with Crippen molar-refractivity contribution in [3.63, 3.8) is 0 Å². The number of carbonyl (C=O) groups excluding carboxylic acids is 1. The van der Waals surface area contributed by atoms with Gasteiger partial charge in [-0.3, -0.25) is 9.48 Å². The number of aromatic nitrogens is 5. The van der Waals surface area contributed by atoms with Crippen molar-refractivity contribution in [3.05, 3.63) is 60.4 Å². The summed E-state index contributed by atoms with van der Waals surface area (Å²) in [5, 5.41) is 13.5.